The monoisotopic (exact) mass is 523 g/mol. The fourth-order valence-corrected chi connectivity index (χ4v) is 4.23. The average molecular weight is 524 g/mol. The Morgan fingerprint density at radius 1 is 0.868 bits per heavy atom. The predicted molar refractivity (Wildman–Crippen MR) is 152 cm³/mol. The molecule has 2 rings (SSSR count). The van der Waals surface area contributed by atoms with E-state index in [2.05, 4.69) is 10.6 Å². The molecule has 0 aliphatic heterocycles. The second-order valence-electron chi connectivity index (χ2n) is 12.2. The normalized spacial score (nSPS) is 13.4. The molecule has 0 aliphatic rings. The van der Waals surface area contributed by atoms with E-state index in [1.54, 1.807) is 25.7 Å². The second kappa shape index (κ2) is 12.5. The van der Waals surface area contributed by atoms with Gasteiger partial charge in [0.15, 0.2) is 0 Å². The van der Waals surface area contributed by atoms with Crippen LogP contribution in [0.3, 0.4) is 0 Å². The van der Waals surface area contributed by atoms with Crippen LogP contribution in [0.1, 0.15) is 83.7 Å². The zero-order valence-corrected chi connectivity index (χ0v) is 24.6. The number of hydrogen-bond acceptors (Lipinski definition) is 4. The molecule has 2 N–H and O–H groups in total. The van der Waals surface area contributed by atoms with E-state index in [9.17, 15) is 14.4 Å². The Morgan fingerprint density at radius 2 is 1.47 bits per heavy atom. The molecule has 208 valence electrons. The third-order valence-electron chi connectivity index (χ3n) is 6.02. The van der Waals surface area contributed by atoms with Gasteiger partial charge in [-0.05, 0) is 91.5 Å². The molecule has 2 unspecified atom stereocenters. The lowest BCUT2D eigenvalue weighted by atomic mass is 9.92. The van der Waals surface area contributed by atoms with Gasteiger partial charge in [0, 0.05) is 18.0 Å². The Bertz CT molecular complexity index is 1110. The number of carbonyl (C=O) groups is 3. The second-order valence-corrected chi connectivity index (χ2v) is 12.2. The predicted octanol–water partition coefficient (Wildman–Crippen LogP) is 5.63. The van der Waals surface area contributed by atoms with Crippen LogP contribution in [0.4, 0.5) is 4.79 Å². The van der Waals surface area contributed by atoms with Crippen molar-refractivity contribution < 1.29 is 19.1 Å². The van der Waals surface area contributed by atoms with E-state index >= 15 is 0 Å². The highest BCUT2D eigenvalue weighted by atomic mass is 16.6. The van der Waals surface area contributed by atoms with Crippen LogP contribution in [-0.4, -0.2) is 46.0 Å². The summed E-state index contributed by atoms with van der Waals surface area (Å²) in [4.78, 5) is 42.6. The maximum Gasteiger partial charge on any atom is 0.408 e. The molecule has 2 aromatic rings. The molecule has 2 atom stereocenters. The van der Waals surface area contributed by atoms with Crippen LogP contribution in [0.15, 0.2) is 48.5 Å². The number of benzene rings is 2. The average Bonchev–Trinajstić information content (AvgIpc) is 2.76. The molecule has 0 fully saturated rings. The molecule has 0 radical (unpaired) electrons. The van der Waals surface area contributed by atoms with Gasteiger partial charge in [-0.2, -0.15) is 0 Å². The van der Waals surface area contributed by atoms with Gasteiger partial charge < -0.3 is 20.3 Å². The first kappa shape index (κ1) is 30.9. The topological polar surface area (TPSA) is 87.7 Å². The SMILES string of the molecule is Cc1ccc(C(C(=O)NC(C)C)N(C(=O)C(Cc2ccccc2)NC(=O)OC(C)(C)C)C(C)(C)C)cc1C. The van der Waals surface area contributed by atoms with Gasteiger partial charge in [-0.1, -0.05) is 48.5 Å². The largest absolute Gasteiger partial charge is 0.444 e. The summed E-state index contributed by atoms with van der Waals surface area (Å²) >= 11 is 0. The Hall–Kier alpha value is -3.35. The van der Waals surface area contributed by atoms with Crippen molar-refractivity contribution in [2.45, 2.75) is 105 Å². The summed E-state index contributed by atoms with van der Waals surface area (Å²) in [6.07, 6.45) is -0.438. The van der Waals surface area contributed by atoms with Crippen molar-refractivity contribution in [3.63, 3.8) is 0 Å². The van der Waals surface area contributed by atoms with Gasteiger partial charge in [0.1, 0.15) is 17.7 Å². The highest BCUT2D eigenvalue weighted by Crippen LogP contribution is 2.31. The number of carbonyl (C=O) groups excluding carboxylic acids is 3. The van der Waals surface area contributed by atoms with Gasteiger partial charge in [0.2, 0.25) is 11.8 Å². The van der Waals surface area contributed by atoms with E-state index in [-0.39, 0.29) is 24.3 Å². The molecular weight excluding hydrogens is 478 g/mol. The number of hydrogen-bond donors (Lipinski definition) is 2. The lowest BCUT2D eigenvalue weighted by molar-refractivity contribution is -0.148. The van der Waals surface area contributed by atoms with Gasteiger partial charge in [-0.15, -0.1) is 0 Å². The van der Waals surface area contributed by atoms with E-state index in [0.29, 0.717) is 5.56 Å². The Balaban J connectivity index is 2.63. The van der Waals surface area contributed by atoms with Gasteiger partial charge in [0.25, 0.3) is 0 Å². The molecule has 0 heterocycles. The minimum absolute atomic E-state index is 0.117. The van der Waals surface area contributed by atoms with Crippen LogP contribution < -0.4 is 10.6 Å². The van der Waals surface area contributed by atoms with Crippen LogP contribution in [-0.2, 0) is 20.7 Å². The number of aryl methyl sites for hydroxylation is 2. The Morgan fingerprint density at radius 3 is 1.97 bits per heavy atom. The quantitative estimate of drug-likeness (QED) is 0.469. The van der Waals surface area contributed by atoms with Crippen LogP contribution in [0.2, 0.25) is 0 Å². The molecule has 7 heteroatoms. The summed E-state index contributed by atoms with van der Waals surface area (Å²) in [6.45, 7) is 18.8. The van der Waals surface area contributed by atoms with E-state index in [0.717, 1.165) is 16.7 Å². The zero-order valence-electron chi connectivity index (χ0n) is 24.6. The first-order chi connectivity index (χ1) is 17.5. The molecule has 0 saturated heterocycles. The van der Waals surface area contributed by atoms with E-state index < -0.39 is 29.3 Å². The van der Waals surface area contributed by atoms with Crippen LogP contribution >= 0.6 is 0 Å². The van der Waals surface area contributed by atoms with Crippen LogP contribution in [0, 0.1) is 13.8 Å². The van der Waals surface area contributed by atoms with Crippen molar-refractivity contribution in [3.05, 3.63) is 70.8 Å². The molecule has 3 amide bonds. The summed E-state index contributed by atoms with van der Waals surface area (Å²) in [5, 5.41) is 5.80. The van der Waals surface area contributed by atoms with Crippen molar-refractivity contribution in [1.29, 1.82) is 0 Å². The highest BCUT2D eigenvalue weighted by Gasteiger charge is 2.42. The third-order valence-corrected chi connectivity index (χ3v) is 6.02. The van der Waals surface area contributed by atoms with Crippen molar-refractivity contribution >= 4 is 17.9 Å². The zero-order chi connectivity index (χ0) is 28.8. The first-order valence-electron chi connectivity index (χ1n) is 13.2. The Labute approximate surface area is 228 Å². The molecule has 7 nitrogen and oxygen atoms in total. The molecule has 0 aliphatic carbocycles. The van der Waals surface area contributed by atoms with Crippen molar-refractivity contribution in [2.75, 3.05) is 0 Å². The van der Waals surface area contributed by atoms with Crippen LogP contribution in [0.25, 0.3) is 0 Å². The van der Waals surface area contributed by atoms with Crippen molar-refractivity contribution in [3.8, 4) is 0 Å². The summed E-state index contributed by atoms with van der Waals surface area (Å²) < 4.78 is 5.50. The van der Waals surface area contributed by atoms with Gasteiger partial charge in [-0.25, -0.2) is 4.79 Å². The smallest absolute Gasteiger partial charge is 0.408 e. The molecule has 2 aromatic carbocycles. The standard InChI is InChI=1S/C31H45N3O4/c1-20(2)32-27(35)26(24-17-16-21(3)22(4)18-24)34(30(5,6)7)28(36)25(19-23-14-12-11-13-15-23)33-29(37)38-31(8,9)10/h11-18,20,25-26H,19H2,1-10H3,(H,32,35)(H,33,37). The summed E-state index contributed by atoms with van der Waals surface area (Å²) in [7, 11) is 0. The number of alkyl carbamates (subject to hydrolysis) is 1. The maximum absolute atomic E-state index is 14.4. The fourth-order valence-electron chi connectivity index (χ4n) is 4.23. The number of nitrogens with zero attached hydrogens (tertiary/aromatic N) is 1. The van der Waals surface area contributed by atoms with Crippen LogP contribution in [0.5, 0.6) is 0 Å². The maximum atomic E-state index is 14.4. The fraction of sp³-hybridized carbons (Fsp3) is 0.516. The lowest BCUT2D eigenvalue weighted by Crippen LogP contribution is -2.59. The van der Waals surface area contributed by atoms with Gasteiger partial charge in [0.05, 0.1) is 0 Å². The molecule has 0 spiro atoms. The van der Waals surface area contributed by atoms with E-state index in [1.165, 1.54) is 0 Å². The summed E-state index contributed by atoms with van der Waals surface area (Å²) in [6, 6.07) is 13.3. The molecular formula is C31H45N3O4. The lowest BCUT2D eigenvalue weighted by Gasteiger charge is -2.43. The van der Waals surface area contributed by atoms with Crippen molar-refractivity contribution in [2.24, 2.45) is 0 Å². The number of amides is 3. The first-order valence-corrected chi connectivity index (χ1v) is 13.2. The Kier molecular flexibility index (Phi) is 10.1. The highest BCUT2D eigenvalue weighted by molar-refractivity contribution is 5.93. The van der Waals surface area contributed by atoms with Gasteiger partial charge >= 0.3 is 6.09 Å². The number of rotatable bonds is 8. The minimum atomic E-state index is -0.952. The molecule has 38 heavy (non-hydrogen) atoms. The van der Waals surface area contributed by atoms with E-state index in [1.807, 2.05) is 97.0 Å². The van der Waals surface area contributed by atoms with E-state index in [4.69, 9.17) is 4.74 Å². The molecule has 0 aromatic heterocycles. The summed E-state index contributed by atoms with van der Waals surface area (Å²) in [5.74, 6) is -0.642. The van der Waals surface area contributed by atoms with Gasteiger partial charge in [-0.3, -0.25) is 9.59 Å². The number of nitrogens with one attached hydrogen (secondary N) is 2. The molecule has 0 bridgehead atoms. The minimum Gasteiger partial charge on any atom is -0.444 e. The molecule has 0 saturated carbocycles. The van der Waals surface area contributed by atoms with Crippen molar-refractivity contribution in [1.82, 2.24) is 15.5 Å². The third kappa shape index (κ3) is 8.89. The summed E-state index contributed by atoms with van der Waals surface area (Å²) in [5.41, 5.74) is 2.24. The number of ether oxygens (including phenoxy) is 1.